The topological polar surface area (TPSA) is 72.3 Å². The van der Waals surface area contributed by atoms with Crippen LogP contribution in [0.2, 0.25) is 0 Å². The van der Waals surface area contributed by atoms with E-state index in [4.69, 9.17) is 0 Å². The zero-order valence-electron chi connectivity index (χ0n) is 15.9. The predicted molar refractivity (Wildman–Crippen MR) is 107 cm³/mol. The van der Waals surface area contributed by atoms with Gasteiger partial charge in [0.05, 0.1) is 11.4 Å². The van der Waals surface area contributed by atoms with Crippen LogP contribution in [0.5, 0.6) is 5.75 Å². The average molecular weight is 423 g/mol. The van der Waals surface area contributed by atoms with Crippen LogP contribution in [0.15, 0.2) is 29.4 Å². The first-order valence-electron chi connectivity index (χ1n) is 9.78. The molecule has 0 radical (unpaired) electrons. The maximum absolute atomic E-state index is 12.5. The highest BCUT2D eigenvalue weighted by Crippen LogP contribution is 2.41. The van der Waals surface area contributed by atoms with Crippen LogP contribution in [-0.2, 0) is 4.79 Å². The second-order valence-corrected chi connectivity index (χ2v) is 8.09. The van der Waals surface area contributed by atoms with Gasteiger partial charge in [0.1, 0.15) is 5.75 Å². The molecule has 4 rings (SSSR count). The molecule has 1 amide bonds. The zero-order chi connectivity index (χ0) is 20.2. The molecule has 0 atom stereocenters. The maximum atomic E-state index is 12.5. The lowest BCUT2D eigenvalue weighted by molar-refractivity contribution is -0.113. The predicted octanol–water partition coefficient (Wildman–Crippen LogP) is 3.94. The number of halogens is 2. The number of carbonyl (C=O) groups is 1. The minimum atomic E-state index is -2.95. The number of amides is 1. The van der Waals surface area contributed by atoms with Gasteiger partial charge in [-0.15, -0.1) is 10.2 Å². The molecule has 1 aliphatic carbocycles. The molecular formula is C19H23F2N5O2S. The van der Waals surface area contributed by atoms with Gasteiger partial charge < -0.3 is 15.0 Å². The molecule has 29 heavy (non-hydrogen) atoms. The van der Waals surface area contributed by atoms with Crippen molar-refractivity contribution in [2.24, 2.45) is 0 Å². The molecule has 2 aromatic rings. The molecule has 156 valence electrons. The van der Waals surface area contributed by atoms with Crippen LogP contribution in [-0.4, -0.2) is 46.1 Å². The van der Waals surface area contributed by atoms with Crippen LogP contribution in [0.1, 0.15) is 38.1 Å². The van der Waals surface area contributed by atoms with Gasteiger partial charge >= 0.3 is 6.61 Å². The number of hydrogen-bond donors (Lipinski definition) is 1. The molecule has 1 aromatic carbocycles. The molecule has 1 N–H and O–H groups in total. The quantitative estimate of drug-likeness (QED) is 0.649. The van der Waals surface area contributed by atoms with Gasteiger partial charge in [0.2, 0.25) is 11.9 Å². The summed E-state index contributed by atoms with van der Waals surface area (Å²) < 4.78 is 31.7. The summed E-state index contributed by atoms with van der Waals surface area (Å²) in [5.41, 5.74) is 0.219. The number of rotatable bonds is 8. The van der Waals surface area contributed by atoms with Gasteiger partial charge in [0.25, 0.3) is 0 Å². The molecule has 10 heteroatoms. The molecule has 1 aromatic heterocycles. The number of benzene rings is 1. The monoisotopic (exact) mass is 423 g/mol. The molecule has 0 unspecified atom stereocenters. The largest absolute Gasteiger partial charge is 0.433 e. The lowest BCUT2D eigenvalue weighted by Gasteiger charge is -2.27. The number of alkyl halides is 2. The van der Waals surface area contributed by atoms with Crippen molar-refractivity contribution in [3.8, 4) is 5.75 Å². The van der Waals surface area contributed by atoms with Crippen LogP contribution in [0, 0.1) is 0 Å². The summed E-state index contributed by atoms with van der Waals surface area (Å²) in [5, 5.41) is 12.1. The fourth-order valence-electron chi connectivity index (χ4n) is 3.41. The van der Waals surface area contributed by atoms with E-state index in [-0.39, 0.29) is 23.1 Å². The molecule has 0 bridgehead atoms. The Balaban J connectivity index is 1.40. The number of nitrogens with one attached hydrogen (secondary N) is 1. The van der Waals surface area contributed by atoms with E-state index in [2.05, 4.69) is 29.7 Å². The molecule has 7 nitrogen and oxygen atoms in total. The van der Waals surface area contributed by atoms with Crippen LogP contribution in [0.3, 0.4) is 0 Å². The Labute approximate surface area is 171 Å². The summed E-state index contributed by atoms with van der Waals surface area (Å²) in [4.78, 5) is 14.7. The number of carbonyl (C=O) groups excluding carboxylic acids is 1. The van der Waals surface area contributed by atoms with Crippen molar-refractivity contribution in [3.05, 3.63) is 24.3 Å². The zero-order valence-corrected chi connectivity index (χ0v) is 16.7. The summed E-state index contributed by atoms with van der Waals surface area (Å²) in [7, 11) is 0. The van der Waals surface area contributed by atoms with E-state index in [9.17, 15) is 13.6 Å². The Kier molecular flexibility index (Phi) is 6.17. The molecule has 1 saturated carbocycles. The minimum Gasteiger partial charge on any atom is -0.433 e. The molecule has 2 aliphatic rings. The molecular weight excluding hydrogens is 400 g/mol. The summed E-state index contributed by atoms with van der Waals surface area (Å²) in [6.45, 7) is -0.985. The van der Waals surface area contributed by atoms with Crippen molar-refractivity contribution < 1.29 is 18.3 Å². The van der Waals surface area contributed by atoms with Gasteiger partial charge in [0, 0.05) is 19.1 Å². The average Bonchev–Trinajstić information content (AvgIpc) is 3.47. The third kappa shape index (κ3) is 4.98. The van der Waals surface area contributed by atoms with Crippen LogP contribution < -0.4 is 15.0 Å². The third-order valence-electron chi connectivity index (χ3n) is 4.91. The molecule has 1 aliphatic heterocycles. The van der Waals surface area contributed by atoms with E-state index < -0.39 is 6.61 Å². The number of aromatic nitrogens is 3. The summed E-state index contributed by atoms with van der Waals surface area (Å²) in [6, 6.07) is 6.54. The van der Waals surface area contributed by atoms with Crippen molar-refractivity contribution in [1.82, 2.24) is 14.8 Å². The first kappa shape index (κ1) is 19.9. The standard InChI is InChI=1S/C19H23F2N5O2S/c20-17(21)28-15-7-3-2-6-14(15)22-16(27)12-29-19-24-23-18(26(19)13-8-9-13)25-10-4-1-5-11-25/h2-3,6-7,13,17H,1,4-5,8-12H2,(H,22,27). The first-order valence-corrected chi connectivity index (χ1v) is 10.8. The second-order valence-electron chi connectivity index (χ2n) is 7.14. The number of para-hydroxylation sites is 2. The molecule has 1 saturated heterocycles. The van der Waals surface area contributed by atoms with Crippen molar-refractivity contribution >= 4 is 29.3 Å². The van der Waals surface area contributed by atoms with Crippen LogP contribution in [0.25, 0.3) is 0 Å². The van der Waals surface area contributed by atoms with Gasteiger partial charge in [-0.25, -0.2) is 0 Å². The van der Waals surface area contributed by atoms with Crippen LogP contribution >= 0.6 is 11.8 Å². The minimum absolute atomic E-state index is 0.0608. The lowest BCUT2D eigenvalue weighted by Crippen LogP contribution is -2.32. The SMILES string of the molecule is O=C(CSc1nnc(N2CCCCC2)n1C1CC1)Nc1ccccc1OC(F)F. The number of nitrogens with zero attached hydrogens (tertiary/aromatic N) is 4. The summed E-state index contributed by atoms with van der Waals surface area (Å²) in [5.74, 6) is 0.624. The van der Waals surface area contributed by atoms with E-state index in [1.165, 1.54) is 30.3 Å². The number of anilines is 2. The highest BCUT2D eigenvalue weighted by atomic mass is 32.2. The lowest BCUT2D eigenvalue weighted by atomic mass is 10.1. The molecule has 2 fully saturated rings. The highest BCUT2D eigenvalue weighted by Gasteiger charge is 2.32. The van der Waals surface area contributed by atoms with Crippen molar-refractivity contribution in [3.63, 3.8) is 0 Å². The van der Waals surface area contributed by atoms with Crippen molar-refractivity contribution in [2.45, 2.75) is 49.9 Å². The van der Waals surface area contributed by atoms with Gasteiger partial charge in [-0.05, 0) is 44.2 Å². The summed E-state index contributed by atoms with van der Waals surface area (Å²) in [6.07, 6.45) is 5.74. The Hall–Kier alpha value is -2.36. The van der Waals surface area contributed by atoms with Crippen LogP contribution in [0.4, 0.5) is 20.4 Å². The third-order valence-corrected chi connectivity index (χ3v) is 5.85. The van der Waals surface area contributed by atoms with E-state index >= 15 is 0 Å². The smallest absolute Gasteiger partial charge is 0.387 e. The van der Waals surface area contributed by atoms with Gasteiger partial charge in [-0.2, -0.15) is 8.78 Å². The maximum Gasteiger partial charge on any atom is 0.387 e. The second kappa shape index (κ2) is 8.98. The summed E-state index contributed by atoms with van der Waals surface area (Å²) >= 11 is 1.31. The number of thioether (sulfide) groups is 1. The Morgan fingerprint density at radius 1 is 1.21 bits per heavy atom. The first-order chi connectivity index (χ1) is 14.1. The van der Waals surface area contributed by atoms with Gasteiger partial charge in [-0.1, -0.05) is 23.9 Å². The molecule has 0 spiro atoms. The fourth-order valence-corrected chi connectivity index (χ4v) is 4.22. The number of ether oxygens (including phenoxy) is 1. The van der Waals surface area contributed by atoms with Gasteiger partial charge in [0.15, 0.2) is 5.16 Å². The van der Waals surface area contributed by atoms with Gasteiger partial charge in [-0.3, -0.25) is 9.36 Å². The van der Waals surface area contributed by atoms with E-state index in [0.29, 0.717) is 6.04 Å². The molecule has 2 heterocycles. The van der Waals surface area contributed by atoms with Crippen molar-refractivity contribution in [1.29, 1.82) is 0 Å². The number of piperidine rings is 1. The number of hydrogen-bond acceptors (Lipinski definition) is 6. The van der Waals surface area contributed by atoms with E-state index in [1.54, 1.807) is 12.1 Å². The Morgan fingerprint density at radius 3 is 2.69 bits per heavy atom. The highest BCUT2D eigenvalue weighted by molar-refractivity contribution is 7.99. The normalized spacial score (nSPS) is 16.9. The van der Waals surface area contributed by atoms with E-state index in [1.807, 2.05) is 0 Å². The van der Waals surface area contributed by atoms with E-state index in [0.717, 1.165) is 49.9 Å². The Morgan fingerprint density at radius 2 is 1.97 bits per heavy atom. The fraction of sp³-hybridized carbons (Fsp3) is 0.526. The Bertz CT molecular complexity index is 853. The van der Waals surface area contributed by atoms with Crippen molar-refractivity contribution in [2.75, 3.05) is 29.1 Å².